The molecule has 1 atom stereocenters. The van der Waals surface area contributed by atoms with Crippen molar-refractivity contribution in [3.05, 3.63) is 93.9 Å². The van der Waals surface area contributed by atoms with Gasteiger partial charge in [0.2, 0.25) is 0 Å². The third-order valence-corrected chi connectivity index (χ3v) is 6.21. The van der Waals surface area contributed by atoms with E-state index in [4.69, 9.17) is 9.47 Å². The minimum absolute atomic E-state index is 0.0954. The lowest BCUT2D eigenvalue weighted by atomic mass is 9.86. The van der Waals surface area contributed by atoms with Gasteiger partial charge in [0.05, 0.1) is 19.3 Å². The largest absolute Gasteiger partial charge is 0.490 e. The van der Waals surface area contributed by atoms with Crippen molar-refractivity contribution in [2.75, 3.05) is 13.2 Å². The van der Waals surface area contributed by atoms with E-state index in [2.05, 4.69) is 10.2 Å². The first kappa shape index (κ1) is 30.4. The Hall–Kier alpha value is -4.15. The van der Waals surface area contributed by atoms with Crippen LogP contribution in [0.1, 0.15) is 61.1 Å². The minimum Gasteiger partial charge on any atom is -0.488 e. The number of esters is 1. The van der Waals surface area contributed by atoms with Crippen LogP contribution in [-0.4, -0.2) is 58.4 Å². The van der Waals surface area contributed by atoms with Gasteiger partial charge < -0.3 is 14.4 Å². The third-order valence-electron chi connectivity index (χ3n) is 6.21. The second kappa shape index (κ2) is 13.8. The summed E-state index contributed by atoms with van der Waals surface area (Å²) in [4.78, 5) is 39.9. The molecule has 1 N–H and O–H groups in total. The average molecular weight is 560 g/mol. The molecule has 0 aliphatic carbocycles. The number of aromatic nitrogens is 2. The molecule has 1 aromatic heterocycles. The van der Waals surface area contributed by atoms with Gasteiger partial charge in [-0.25, -0.2) is 4.79 Å². The van der Waals surface area contributed by atoms with Gasteiger partial charge in [0.1, 0.15) is 6.10 Å². The number of amides is 1. The first-order valence-electron chi connectivity index (χ1n) is 12.9. The SMILES string of the molecule is CCCCOc1c[nH]nc(C(=O)N(C[C@H](OC(=O)C(F)(F)F)C(c2ccccc2)c2ccccc2)C(C)C)c1=O. The summed E-state index contributed by atoms with van der Waals surface area (Å²) in [6.45, 7) is 5.04. The number of aromatic amines is 1. The number of benzene rings is 2. The van der Waals surface area contributed by atoms with Crippen LogP contribution in [0.5, 0.6) is 5.75 Å². The van der Waals surface area contributed by atoms with E-state index in [9.17, 15) is 27.6 Å². The zero-order valence-corrected chi connectivity index (χ0v) is 22.5. The lowest BCUT2D eigenvalue weighted by Crippen LogP contribution is -2.48. The van der Waals surface area contributed by atoms with Crippen molar-refractivity contribution in [1.82, 2.24) is 15.1 Å². The number of hydrogen-bond acceptors (Lipinski definition) is 6. The molecule has 3 rings (SSSR count). The van der Waals surface area contributed by atoms with E-state index in [-0.39, 0.29) is 12.4 Å². The van der Waals surface area contributed by atoms with E-state index in [0.717, 1.165) is 6.42 Å². The number of ether oxygens (including phenoxy) is 2. The molecule has 0 aliphatic rings. The van der Waals surface area contributed by atoms with E-state index in [1.165, 1.54) is 11.1 Å². The maximum Gasteiger partial charge on any atom is 0.490 e. The number of carbonyl (C=O) groups excluding carboxylic acids is 2. The second-order valence-corrected chi connectivity index (χ2v) is 9.42. The molecule has 0 spiro atoms. The first-order valence-corrected chi connectivity index (χ1v) is 12.9. The predicted octanol–water partition coefficient (Wildman–Crippen LogP) is 5.11. The van der Waals surface area contributed by atoms with Crippen LogP contribution in [0, 0.1) is 0 Å². The van der Waals surface area contributed by atoms with Crippen molar-refractivity contribution in [1.29, 1.82) is 0 Å². The maximum atomic E-state index is 13.6. The van der Waals surface area contributed by atoms with Gasteiger partial charge in [-0.15, -0.1) is 0 Å². The summed E-state index contributed by atoms with van der Waals surface area (Å²) in [5.41, 5.74) is -0.0872. The van der Waals surface area contributed by atoms with Crippen molar-refractivity contribution < 1.29 is 32.2 Å². The molecule has 0 saturated carbocycles. The van der Waals surface area contributed by atoms with Crippen LogP contribution in [0.2, 0.25) is 0 Å². The summed E-state index contributed by atoms with van der Waals surface area (Å²) in [6.07, 6.45) is -3.96. The number of rotatable bonds is 12. The summed E-state index contributed by atoms with van der Waals surface area (Å²) in [5, 5.41) is 6.34. The third kappa shape index (κ3) is 7.71. The summed E-state index contributed by atoms with van der Waals surface area (Å²) in [6, 6.07) is 16.6. The normalized spacial score (nSPS) is 12.3. The number of carbonyl (C=O) groups is 2. The molecule has 0 saturated heterocycles. The van der Waals surface area contributed by atoms with E-state index in [1.807, 2.05) is 6.92 Å². The van der Waals surface area contributed by atoms with Gasteiger partial charge in [-0.2, -0.15) is 18.3 Å². The molecule has 2 aromatic carbocycles. The molecular formula is C29H32F3N3O5. The molecule has 40 heavy (non-hydrogen) atoms. The van der Waals surface area contributed by atoms with Gasteiger partial charge in [-0.1, -0.05) is 74.0 Å². The van der Waals surface area contributed by atoms with Crippen molar-refractivity contribution in [3.8, 4) is 5.75 Å². The molecular weight excluding hydrogens is 527 g/mol. The highest BCUT2D eigenvalue weighted by Crippen LogP contribution is 2.32. The fourth-order valence-corrected chi connectivity index (χ4v) is 4.18. The number of hydrogen-bond donors (Lipinski definition) is 1. The van der Waals surface area contributed by atoms with Crippen LogP contribution in [0.25, 0.3) is 0 Å². The van der Waals surface area contributed by atoms with Crippen molar-refractivity contribution in [2.45, 2.75) is 57.9 Å². The van der Waals surface area contributed by atoms with E-state index in [1.54, 1.807) is 74.5 Å². The smallest absolute Gasteiger partial charge is 0.488 e. The van der Waals surface area contributed by atoms with Gasteiger partial charge in [0.25, 0.3) is 11.3 Å². The van der Waals surface area contributed by atoms with Crippen LogP contribution < -0.4 is 10.2 Å². The van der Waals surface area contributed by atoms with Gasteiger partial charge in [-0.05, 0) is 31.4 Å². The lowest BCUT2D eigenvalue weighted by molar-refractivity contribution is -0.206. The summed E-state index contributed by atoms with van der Waals surface area (Å²) in [7, 11) is 0. The minimum atomic E-state index is -5.26. The molecule has 0 aliphatic heterocycles. The Kier molecular flexibility index (Phi) is 10.5. The van der Waals surface area contributed by atoms with E-state index < -0.39 is 53.8 Å². The monoisotopic (exact) mass is 559 g/mol. The number of H-pyrrole nitrogens is 1. The Morgan fingerprint density at radius 3 is 2.08 bits per heavy atom. The Bertz CT molecular complexity index is 1270. The van der Waals surface area contributed by atoms with Crippen LogP contribution in [0.4, 0.5) is 13.2 Å². The number of halogens is 3. The summed E-state index contributed by atoms with van der Waals surface area (Å²) >= 11 is 0. The molecule has 1 amide bonds. The molecule has 1 heterocycles. The van der Waals surface area contributed by atoms with Crippen LogP contribution >= 0.6 is 0 Å². The fraction of sp³-hybridized carbons (Fsp3) is 0.379. The molecule has 214 valence electrons. The topological polar surface area (TPSA) is 102 Å². The predicted molar refractivity (Wildman–Crippen MR) is 142 cm³/mol. The van der Waals surface area contributed by atoms with Crippen LogP contribution in [0.3, 0.4) is 0 Å². The molecule has 0 fully saturated rings. The first-order chi connectivity index (χ1) is 19.0. The molecule has 0 radical (unpaired) electrons. The van der Waals surface area contributed by atoms with Gasteiger partial charge in [0, 0.05) is 12.0 Å². The highest BCUT2D eigenvalue weighted by Gasteiger charge is 2.44. The van der Waals surface area contributed by atoms with E-state index >= 15 is 0 Å². The fourth-order valence-electron chi connectivity index (χ4n) is 4.18. The zero-order valence-electron chi connectivity index (χ0n) is 22.5. The van der Waals surface area contributed by atoms with Crippen molar-refractivity contribution in [2.24, 2.45) is 0 Å². The van der Waals surface area contributed by atoms with Crippen molar-refractivity contribution >= 4 is 11.9 Å². The molecule has 3 aromatic rings. The number of nitrogens with zero attached hydrogens (tertiary/aromatic N) is 2. The Morgan fingerprint density at radius 1 is 1.00 bits per heavy atom. The second-order valence-electron chi connectivity index (χ2n) is 9.42. The molecule has 0 bridgehead atoms. The van der Waals surface area contributed by atoms with Gasteiger partial charge >= 0.3 is 12.1 Å². The Morgan fingerprint density at radius 2 is 1.57 bits per heavy atom. The Balaban J connectivity index is 2.06. The highest BCUT2D eigenvalue weighted by atomic mass is 19.4. The lowest BCUT2D eigenvalue weighted by Gasteiger charge is -2.34. The van der Waals surface area contributed by atoms with Gasteiger partial charge in [-0.3, -0.25) is 14.7 Å². The molecule has 8 nitrogen and oxygen atoms in total. The number of unbranched alkanes of at least 4 members (excludes halogenated alkanes) is 1. The maximum absolute atomic E-state index is 13.6. The van der Waals surface area contributed by atoms with Crippen LogP contribution in [-0.2, 0) is 9.53 Å². The van der Waals surface area contributed by atoms with Gasteiger partial charge in [0.15, 0.2) is 11.4 Å². The highest BCUT2D eigenvalue weighted by molar-refractivity contribution is 5.92. The van der Waals surface area contributed by atoms with E-state index in [0.29, 0.717) is 17.5 Å². The summed E-state index contributed by atoms with van der Waals surface area (Å²) in [5.74, 6) is -4.18. The Labute approximate surface area is 230 Å². The molecule has 0 unspecified atom stereocenters. The average Bonchev–Trinajstić information content (AvgIpc) is 2.93. The van der Waals surface area contributed by atoms with Crippen molar-refractivity contribution in [3.63, 3.8) is 0 Å². The standard InChI is InChI=1S/C29H32F3N3O5/c1-4-5-16-39-22-17-33-34-25(26(22)36)27(37)35(19(2)3)18-23(40-28(38)29(30,31)32)24(20-12-8-6-9-13-20)21-14-10-7-11-15-21/h6-15,17,19,23-24H,4-5,16,18H2,1-3H3,(H,33,36)/t23-/m0/s1. The molecule has 11 heteroatoms. The van der Waals surface area contributed by atoms with Crippen LogP contribution in [0.15, 0.2) is 71.7 Å². The quantitative estimate of drug-likeness (QED) is 0.245. The summed E-state index contributed by atoms with van der Waals surface area (Å²) < 4.78 is 50.8. The number of alkyl halides is 3. The number of nitrogens with one attached hydrogen (secondary N) is 1. The zero-order chi connectivity index (χ0) is 29.3.